The average Bonchev–Trinajstić information content (AvgIpc) is 2.70. The molecule has 0 radical (unpaired) electrons. The minimum Gasteiger partial charge on any atom is -0.481 e. The van der Waals surface area contributed by atoms with E-state index >= 15 is 0 Å². The summed E-state index contributed by atoms with van der Waals surface area (Å²) in [6, 6.07) is 0. The number of aliphatic hydroxyl groups is 2. The number of carboxylic acids is 1. The standard InChI is InChI=1S/C24H39NO6/c1-14(2)21(24(29)30)11-17-6-4-5-16-8-7-15(3)20(23(16)17)10-9-18(26)12-19(27)13-22(28)25-31/h5,7-8,14-15,17-21,23,26-27,31H,4,6,9-13H2,1-3H3,(H,25,28)(H,29,30)/t15-,17?,18+,19+,20-,21?,23+/m0/s1. The molecular formula is C24H39NO6. The summed E-state index contributed by atoms with van der Waals surface area (Å²) in [4.78, 5) is 23.0. The Morgan fingerprint density at radius 3 is 2.55 bits per heavy atom. The molecule has 31 heavy (non-hydrogen) atoms. The highest BCUT2D eigenvalue weighted by molar-refractivity contribution is 5.75. The van der Waals surface area contributed by atoms with Crippen LogP contribution < -0.4 is 5.48 Å². The van der Waals surface area contributed by atoms with Gasteiger partial charge in [-0.05, 0) is 73.7 Å². The molecule has 176 valence electrons. The van der Waals surface area contributed by atoms with Gasteiger partial charge in [0.25, 0.3) is 0 Å². The maximum absolute atomic E-state index is 11.8. The Kier molecular flexibility index (Phi) is 9.72. The topological polar surface area (TPSA) is 127 Å². The highest BCUT2D eigenvalue weighted by Gasteiger charge is 2.40. The third-order valence-corrected chi connectivity index (χ3v) is 7.14. The van der Waals surface area contributed by atoms with Crippen LogP contribution in [0.3, 0.4) is 0 Å². The normalized spacial score (nSPS) is 28.4. The van der Waals surface area contributed by atoms with Crippen LogP contribution in [-0.2, 0) is 9.59 Å². The second kappa shape index (κ2) is 11.8. The highest BCUT2D eigenvalue weighted by Crippen LogP contribution is 2.47. The number of carbonyl (C=O) groups is 2. The van der Waals surface area contributed by atoms with E-state index in [1.54, 1.807) is 0 Å². The lowest BCUT2D eigenvalue weighted by Crippen LogP contribution is -2.36. The quantitative estimate of drug-likeness (QED) is 0.249. The average molecular weight is 438 g/mol. The minimum absolute atomic E-state index is 0.0790. The second-order valence-corrected chi connectivity index (χ2v) is 9.73. The van der Waals surface area contributed by atoms with Crippen molar-refractivity contribution in [3.8, 4) is 0 Å². The molecule has 7 heteroatoms. The van der Waals surface area contributed by atoms with E-state index < -0.39 is 24.1 Å². The van der Waals surface area contributed by atoms with Gasteiger partial charge in [-0.3, -0.25) is 14.8 Å². The van der Waals surface area contributed by atoms with Gasteiger partial charge in [0.2, 0.25) is 5.91 Å². The molecular weight excluding hydrogens is 398 g/mol. The van der Waals surface area contributed by atoms with Crippen molar-refractivity contribution in [2.24, 2.45) is 35.5 Å². The van der Waals surface area contributed by atoms with Gasteiger partial charge in [0.05, 0.1) is 24.5 Å². The molecule has 0 bridgehead atoms. The fraction of sp³-hybridized carbons (Fsp3) is 0.750. The van der Waals surface area contributed by atoms with Crippen molar-refractivity contribution in [2.45, 2.75) is 77.9 Å². The van der Waals surface area contributed by atoms with Crippen molar-refractivity contribution in [3.63, 3.8) is 0 Å². The molecule has 5 N–H and O–H groups in total. The molecule has 0 saturated heterocycles. The Labute approximate surface area is 185 Å². The monoisotopic (exact) mass is 437 g/mol. The number of hydrogen-bond acceptors (Lipinski definition) is 5. The Morgan fingerprint density at radius 2 is 1.94 bits per heavy atom. The van der Waals surface area contributed by atoms with Gasteiger partial charge in [0.15, 0.2) is 0 Å². The van der Waals surface area contributed by atoms with Crippen LogP contribution in [0.1, 0.15) is 65.7 Å². The first-order valence-corrected chi connectivity index (χ1v) is 11.5. The van der Waals surface area contributed by atoms with Crippen molar-refractivity contribution >= 4 is 11.9 Å². The van der Waals surface area contributed by atoms with Crippen LogP contribution in [-0.4, -0.2) is 44.6 Å². The summed E-state index contributed by atoms with van der Waals surface area (Å²) >= 11 is 0. The zero-order valence-corrected chi connectivity index (χ0v) is 18.9. The number of hydroxylamine groups is 1. The Bertz CT molecular complexity index is 673. The molecule has 2 aliphatic carbocycles. The fourth-order valence-electron chi connectivity index (χ4n) is 5.41. The molecule has 1 amide bonds. The summed E-state index contributed by atoms with van der Waals surface area (Å²) in [5.41, 5.74) is 2.78. The van der Waals surface area contributed by atoms with Gasteiger partial charge in [-0.25, -0.2) is 5.48 Å². The highest BCUT2D eigenvalue weighted by atomic mass is 16.5. The molecule has 0 saturated carbocycles. The molecule has 0 aromatic rings. The lowest BCUT2D eigenvalue weighted by atomic mass is 9.61. The fourth-order valence-corrected chi connectivity index (χ4v) is 5.41. The van der Waals surface area contributed by atoms with Gasteiger partial charge < -0.3 is 15.3 Å². The first-order chi connectivity index (χ1) is 14.6. The number of rotatable bonds is 11. The molecule has 0 fully saturated rings. The van der Waals surface area contributed by atoms with E-state index in [2.05, 4.69) is 25.2 Å². The lowest BCUT2D eigenvalue weighted by molar-refractivity contribution is -0.144. The lowest BCUT2D eigenvalue weighted by Gasteiger charge is -2.43. The first-order valence-electron chi connectivity index (χ1n) is 11.5. The molecule has 2 rings (SSSR count). The minimum atomic E-state index is -1.01. The Hall–Kier alpha value is -1.70. The van der Waals surface area contributed by atoms with Gasteiger partial charge in [-0.2, -0.15) is 0 Å². The van der Waals surface area contributed by atoms with Gasteiger partial charge >= 0.3 is 5.97 Å². The Morgan fingerprint density at radius 1 is 1.23 bits per heavy atom. The van der Waals surface area contributed by atoms with E-state index in [4.69, 9.17) is 5.21 Å². The summed E-state index contributed by atoms with van der Waals surface area (Å²) in [5.74, 6) is -0.463. The van der Waals surface area contributed by atoms with Crippen LogP contribution in [0.2, 0.25) is 0 Å². The SMILES string of the molecule is CC(C)C(CC1CCC=C2C=C[C@H](C)[C@H](CC[C@@H](O)C[C@@H](O)CC(=O)NO)[C@H]21)C(=O)O. The molecule has 2 aliphatic rings. The number of amides is 1. The zero-order valence-electron chi connectivity index (χ0n) is 18.9. The summed E-state index contributed by atoms with van der Waals surface area (Å²) in [7, 11) is 0. The first kappa shape index (κ1) is 25.6. The third-order valence-electron chi connectivity index (χ3n) is 7.14. The van der Waals surface area contributed by atoms with Crippen LogP contribution >= 0.6 is 0 Å². The summed E-state index contributed by atoms with van der Waals surface area (Å²) in [5, 5.41) is 38.6. The predicted molar refractivity (Wildman–Crippen MR) is 117 cm³/mol. The number of nitrogens with one attached hydrogen (secondary N) is 1. The van der Waals surface area contributed by atoms with Crippen molar-refractivity contribution in [1.29, 1.82) is 0 Å². The van der Waals surface area contributed by atoms with E-state index in [-0.39, 0.29) is 30.6 Å². The van der Waals surface area contributed by atoms with Crippen LogP contribution in [0.25, 0.3) is 0 Å². The van der Waals surface area contributed by atoms with Gasteiger partial charge in [-0.15, -0.1) is 0 Å². The molecule has 0 aliphatic heterocycles. The number of hydrogen-bond donors (Lipinski definition) is 5. The van der Waals surface area contributed by atoms with Crippen LogP contribution in [0.4, 0.5) is 0 Å². The summed E-state index contributed by atoms with van der Waals surface area (Å²) in [6.45, 7) is 6.11. The van der Waals surface area contributed by atoms with Crippen LogP contribution in [0, 0.1) is 35.5 Å². The van der Waals surface area contributed by atoms with E-state index in [1.165, 1.54) is 11.1 Å². The van der Waals surface area contributed by atoms with E-state index in [0.29, 0.717) is 30.6 Å². The predicted octanol–water partition coefficient (Wildman–Crippen LogP) is 3.30. The molecule has 2 unspecified atom stereocenters. The summed E-state index contributed by atoms with van der Waals surface area (Å²) < 4.78 is 0. The molecule has 0 aromatic heterocycles. The zero-order chi connectivity index (χ0) is 23.1. The van der Waals surface area contributed by atoms with Crippen molar-refractivity contribution in [3.05, 3.63) is 23.8 Å². The Balaban J connectivity index is 2.06. The molecule has 7 atom stereocenters. The number of carbonyl (C=O) groups excluding carboxylic acids is 1. The summed E-state index contributed by atoms with van der Waals surface area (Å²) in [6.07, 6.45) is 8.65. The van der Waals surface area contributed by atoms with Crippen LogP contribution in [0.15, 0.2) is 23.8 Å². The second-order valence-electron chi connectivity index (χ2n) is 9.73. The van der Waals surface area contributed by atoms with Crippen molar-refractivity contribution in [1.82, 2.24) is 5.48 Å². The molecule has 7 nitrogen and oxygen atoms in total. The van der Waals surface area contributed by atoms with Crippen LogP contribution in [0.5, 0.6) is 0 Å². The number of allylic oxidation sites excluding steroid dienone is 4. The maximum Gasteiger partial charge on any atom is 0.306 e. The van der Waals surface area contributed by atoms with Gasteiger partial charge in [-0.1, -0.05) is 39.0 Å². The number of aliphatic carboxylic acids is 1. The van der Waals surface area contributed by atoms with E-state index in [1.807, 2.05) is 13.8 Å². The largest absolute Gasteiger partial charge is 0.481 e. The molecule has 0 spiro atoms. The van der Waals surface area contributed by atoms with Gasteiger partial charge in [0.1, 0.15) is 0 Å². The van der Waals surface area contributed by atoms with Crippen molar-refractivity contribution < 1.29 is 30.1 Å². The maximum atomic E-state index is 11.8. The van der Waals surface area contributed by atoms with Gasteiger partial charge in [0, 0.05) is 0 Å². The number of carboxylic acid groups (broad SMARTS) is 1. The number of fused-ring (bicyclic) bond motifs is 1. The molecule has 0 heterocycles. The van der Waals surface area contributed by atoms with Crippen molar-refractivity contribution in [2.75, 3.05) is 0 Å². The number of aliphatic hydroxyl groups excluding tert-OH is 2. The molecule has 0 aromatic carbocycles. The van der Waals surface area contributed by atoms with E-state index in [0.717, 1.165) is 19.3 Å². The third kappa shape index (κ3) is 7.16. The smallest absolute Gasteiger partial charge is 0.306 e. The van der Waals surface area contributed by atoms with E-state index in [9.17, 15) is 24.9 Å².